The van der Waals surface area contributed by atoms with E-state index in [1.807, 2.05) is 32.0 Å². The lowest BCUT2D eigenvalue weighted by Gasteiger charge is -2.35. The molecule has 3 nitrogen and oxygen atoms in total. The van der Waals surface area contributed by atoms with Crippen LogP contribution in [0.3, 0.4) is 0 Å². The molecule has 0 amide bonds. The third kappa shape index (κ3) is 2.68. The molecule has 0 saturated carbocycles. The Hall–Kier alpha value is -1.06. The molecule has 0 spiro atoms. The summed E-state index contributed by atoms with van der Waals surface area (Å²) in [6, 6.07) is 8.09. The minimum Gasteiger partial charge on any atom is -0.493 e. The molecule has 0 aliphatic carbocycles. The molecule has 1 aromatic rings. The molecule has 1 aliphatic rings. The van der Waals surface area contributed by atoms with Gasteiger partial charge in [-0.3, -0.25) is 0 Å². The Morgan fingerprint density at radius 1 is 1.50 bits per heavy atom. The summed E-state index contributed by atoms with van der Waals surface area (Å²) >= 11 is 0. The molecule has 0 radical (unpaired) electrons. The first kappa shape index (κ1) is 13.4. The molecule has 18 heavy (non-hydrogen) atoms. The fourth-order valence-electron chi connectivity index (χ4n) is 2.55. The summed E-state index contributed by atoms with van der Waals surface area (Å²) in [4.78, 5) is 0. The quantitative estimate of drug-likeness (QED) is 0.893. The highest BCUT2D eigenvalue weighted by atomic mass is 16.5. The van der Waals surface area contributed by atoms with E-state index in [0.29, 0.717) is 12.3 Å². The van der Waals surface area contributed by atoms with Gasteiger partial charge in [-0.2, -0.15) is 0 Å². The summed E-state index contributed by atoms with van der Waals surface area (Å²) < 4.78 is 10.9. The van der Waals surface area contributed by atoms with Gasteiger partial charge in [0, 0.05) is 7.11 Å². The number of para-hydroxylation sites is 1. The average molecular weight is 250 g/mol. The first-order valence-electron chi connectivity index (χ1n) is 6.51. The number of aliphatic hydroxyl groups is 1. The van der Waals surface area contributed by atoms with E-state index < -0.39 is 5.60 Å². The van der Waals surface area contributed by atoms with E-state index in [4.69, 9.17) is 9.47 Å². The van der Waals surface area contributed by atoms with E-state index in [1.54, 1.807) is 7.11 Å². The van der Waals surface area contributed by atoms with E-state index in [0.717, 1.165) is 18.8 Å². The summed E-state index contributed by atoms with van der Waals surface area (Å²) in [5.74, 6) is 1.29. The average Bonchev–Trinajstić information content (AvgIpc) is 2.38. The van der Waals surface area contributed by atoms with Crippen molar-refractivity contribution in [2.24, 2.45) is 0 Å². The van der Waals surface area contributed by atoms with Crippen LogP contribution in [-0.2, 0) is 4.74 Å². The van der Waals surface area contributed by atoms with Crippen LogP contribution in [0.2, 0.25) is 0 Å². The van der Waals surface area contributed by atoms with Crippen molar-refractivity contribution < 1.29 is 14.6 Å². The second kappa shape index (κ2) is 5.29. The molecule has 0 saturated heterocycles. The van der Waals surface area contributed by atoms with Crippen molar-refractivity contribution >= 4 is 0 Å². The second-order valence-corrected chi connectivity index (χ2v) is 5.31. The number of hydrogen-bond acceptors (Lipinski definition) is 3. The summed E-state index contributed by atoms with van der Waals surface area (Å²) in [7, 11) is 1.64. The van der Waals surface area contributed by atoms with E-state index in [9.17, 15) is 5.11 Å². The molecule has 2 rings (SSSR count). The Balaban J connectivity index is 2.16. The molecule has 0 bridgehead atoms. The number of hydrogen-bond donors (Lipinski definition) is 1. The first-order chi connectivity index (χ1) is 8.54. The van der Waals surface area contributed by atoms with Crippen LogP contribution < -0.4 is 4.74 Å². The van der Waals surface area contributed by atoms with Gasteiger partial charge in [0.25, 0.3) is 0 Å². The predicted molar refractivity (Wildman–Crippen MR) is 71.0 cm³/mol. The number of fused-ring (bicyclic) bond motifs is 1. The molecule has 1 N–H and O–H groups in total. The lowest BCUT2D eigenvalue weighted by atomic mass is 9.81. The van der Waals surface area contributed by atoms with Crippen LogP contribution >= 0.6 is 0 Å². The topological polar surface area (TPSA) is 38.7 Å². The highest BCUT2D eigenvalue weighted by Crippen LogP contribution is 2.39. The maximum absolute atomic E-state index is 10.5. The van der Waals surface area contributed by atoms with E-state index in [1.165, 1.54) is 5.56 Å². The lowest BCUT2D eigenvalue weighted by molar-refractivity contribution is -0.0819. The van der Waals surface area contributed by atoms with Crippen molar-refractivity contribution in [3.8, 4) is 5.75 Å². The number of benzene rings is 1. The summed E-state index contributed by atoms with van der Waals surface area (Å²) in [6.45, 7) is 4.48. The van der Waals surface area contributed by atoms with Crippen LogP contribution in [0, 0.1) is 0 Å². The van der Waals surface area contributed by atoms with Gasteiger partial charge >= 0.3 is 0 Å². The summed E-state index contributed by atoms with van der Waals surface area (Å²) in [5.41, 5.74) is 0.386. The maximum atomic E-state index is 10.5. The Morgan fingerprint density at radius 3 is 2.94 bits per heavy atom. The van der Waals surface area contributed by atoms with Gasteiger partial charge < -0.3 is 14.6 Å². The smallest absolute Gasteiger partial charge is 0.122 e. The summed E-state index contributed by atoms with van der Waals surface area (Å²) in [6.07, 6.45) is 1.47. The van der Waals surface area contributed by atoms with Crippen molar-refractivity contribution in [3.05, 3.63) is 29.8 Å². The molecule has 1 aliphatic heterocycles. The van der Waals surface area contributed by atoms with Gasteiger partial charge in [-0.25, -0.2) is 0 Å². The Bertz CT molecular complexity index is 400. The Labute approximate surface area is 109 Å². The van der Waals surface area contributed by atoms with Crippen molar-refractivity contribution in [1.82, 2.24) is 0 Å². The van der Waals surface area contributed by atoms with Crippen LogP contribution in [0.25, 0.3) is 0 Å². The normalized spacial score (nSPS) is 23.7. The molecule has 0 fully saturated rings. The predicted octanol–water partition coefficient (Wildman–Crippen LogP) is 2.73. The van der Waals surface area contributed by atoms with E-state index in [-0.39, 0.29) is 6.10 Å². The number of ether oxygens (including phenoxy) is 2. The third-order valence-electron chi connectivity index (χ3n) is 3.97. The van der Waals surface area contributed by atoms with Crippen LogP contribution in [0.4, 0.5) is 0 Å². The van der Waals surface area contributed by atoms with Crippen LogP contribution in [0.1, 0.15) is 38.2 Å². The zero-order valence-electron chi connectivity index (χ0n) is 11.3. The van der Waals surface area contributed by atoms with Crippen molar-refractivity contribution in [2.75, 3.05) is 13.7 Å². The molecule has 3 heteroatoms. The van der Waals surface area contributed by atoms with Gasteiger partial charge in [-0.1, -0.05) is 18.2 Å². The van der Waals surface area contributed by atoms with Gasteiger partial charge in [0.1, 0.15) is 5.75 Å². The zero-order valence-corrected chi connectivity index (χ0v) is 11.3. The van der Waals surface area contributed by atoms with Gasteiger partial charge in [-0.15, -0.1) is 0 Å². The van der Waals surface area contributed by atoms with Gasteiger partial charge in [-0.05, 0) is 44.2 Å². The maximum Gasteiger partial charge on any atom is 0.122 e. The molecule has 3 unspecified atom stereocenters. The molecular weight excluding hydrogens is 228 g/mol. The molecule has 3 atom stereocenters. The molecule has 1 aromatic carbocycles. The highest BCUT2D eigenvalue weighted by molar-refractivity contribution is 5.37. The minimum absolute atomic E-state index is 0.174. The van der Waals surface area contributed by atoms with E-state index >= 15 is 0 Å². The van der Waals surface area contributed by atoms with Crippen LogP contribution in [0.15, 0.2) is 24.3 Å². The zero-order chi connectivity index (χ0) is 13.2. The monoisotopic (exact) mass is 250 g/mol. The fraction of sp³-hybridized carbons (Fsp3) is 0.600. The number of rotatable bonds is 4. The summed E-state index contributed by atoms with van der Waals surface area (Å²) in [5, 5.41) is 10.5. The molecule has 1 heterocycles. The van der Waals surface area contributed by atoms with E-state index in [2.05, 4.69) is 6.07 Å². The van der Waals surface area contributed by atoms with Crippen molar-refractivity contribution in [1.29, 1.82) is 0 Å². The van der Waals surface area contributed by atoms with Crippen LogP contribution in [-0.4, -0.2) is 30.5 Å². The lowest BCUT2D eigenvalue weighted by Crippen LogP contribution is -2.40. The minimum atomic E-state index is -0.816. The fourth-order valence-corrected chi connectivity index (χ4v) is 2.55. The molecule has 0 aromatic heterocycles. The molecule has 100 valence electrons. The Kier molecular flexibility index (Phi) is 3.93. The van der Waals surface area contributed by atoms with Crippen LogP contribution in [0.5, 0.6) is 5.75 Å². The van der Waals surface area contributed by atoms with Crippen molar-refractivity contribution in [2.45, 2.75) is 44.3 Å². The highest BCUT2D eigenvalue weighted by Gasteiger charge is 2.34. The first-order valence-corrected chi connectivity index (χ1v) is 6.51. The van der Waals surface area contributed by atoms with Gasteiger partial charge in [0.15, 0.2) is 0 Å². The van der Waals surface area contributed by atoms with Gasteiger partial charge in [0.05, 0.1) is 18.3 Å². The standard InChI is InChI=1S/C15H22O3/c1-11(17-3)15(2,16)10-12-8-9-18-14-7-5-4-6-13(12)14/h4-7,11-12,16H,8-10H2,1-3H3. The second-order valence-electron chi connectivity index (χ2n) is 5.31. The van der Waals surface area contributed by atoms with Crippen molar-refractivity contribution in [3.63, 3.8) is 0 Å². The Morgan fingerprint density at radius 2 is 2.22 bits per heavy atom. The SMILES string of the molecule is COC(C)C(C)(O)CC1CCOc2ccccc21. The molecular formula is C15H22O3. The number of methoxy groups -OCH3 is 1. The third-order valence-corrected chi connectivity index (χ3v) is 3.97. The largest absolute Gasteiger partial charge is 0.493 e. The van der Waals surface area contributed by atoms with Gasteiger partial charge in [0.2, 0.25) is 0 Å².